The summed E-state index contributed by atoms with van der Waals surface area (Å²) in [5, 5.41) is 8.84. The molecule has 0 atom stereocenters. The molecule has 2 rings (SSSR count). The molecule has 1 aromatic carbocycles. The van der Waals surface area contributed by atoms with Gasteiger partial charge in [0.2, 0.25) is 0 Å². The van der Waals surface area contributed by atoms with E-state index in [9.17, 15) is 0 Å². The maximum absolute atomic E-state index is 8.84. The number of rotatable bonds is 4. The number of hydrogen-bond donors (Lipinski definition) is 1. The van der Waals surface area contributed by atoms with Gasteiger partial charge in [0.05, 0.1) is 29.0 Å². The van der Waals surface area contributed by atoms with Crippen LogP contribution in [0.4, 0.5) is 0 Å². The van der Waals surface area contributed by atoms with E-state index in [4.69, 9.17) is 11.0 Å². The fourth-order valence-corrected chi connectivity index (χ4v) is 1.73. The number of nitriles is 1. The summed E-state index contributed by atoms with van der Waals surface area (Å²) < 4.78 is 2.08. The van der Waals surface area contributed by atoms with Crippen molar-refractivity contribution in [1.29, 1.82) is 5.26 Å². The van der Waals surface area contributed by atoms with E-state index in [1.165, 1.54) is 0 Å². The normalized spacial score (nSPS) is 10.5. The number of imidazole rings is 1. The minimum Gasteiger partial charge on any atom is -0.331 e. The number of hydrogen-bond acceptors (Lipinski definition) is 3. The summed E-state index contributed by atoms with van der Waals surface area (Å²) in [7, 11) is 0. The second kappa shape index (κ2) is 4.77. The molecule has 0 amide bonds. The summed E-state index contributed by atoms with van der Waals surface area (Å²) in [4.78, 5) is 4.30. The van der Waals surface area contributed by atoms with Gasteiger partial charge < -0.3 is 10.3 Å². The molecular formula is C12H14N4. The van der Waals surface area contributed by atoms with E-state index in [1.54, 1.807) is 6.07 Å². The molecule has 0 saturated carbocycles. The molecule has 0 saturated heterocycles. The molecule has 0 spiro atoms. The van der Waals surface area contributed by atoms with E-state index >= 15 is 0 Å². The van der Waals surface area contributed by atoms with Gasteiger partial charge >= 0.3 is 0 Å². The number of aromatic nitrogens is 2. The van der Waals surface area contributed by atoms with Gasteiger partial charge in [-0.1, -0.05) is 0 Å². The number of fused-ring (bicyclic) bond motifs is 1. The molecule has 1 heterocycles. The zero-order valence-electron chi connectivity index (χ0n) is 9.06. The van der Waals surface area contributed by atoms with Crippen LogP contribution in [0.3, 0.4) is 0 Å². The molecular weight excluding hydrogens is 200 g/mol. The van der Waals surface area contributed by atoms with Gasteiger partial charge in [-0.25, -0.2) is 4.98 Å². The average molecular weight is 214 g/mol. The second-order valence-corrected chi connectivity index (χ2v) is 3.75. The molecule has 4 heteroatoms. The first kappa shape index (κ1) is 10.7. The van der Waals surface area contributed by atoms with Crippen LogP contribution in [0.5, 0.6) is 0 Å². The third-order valence-electron chi connectivity index (χ3n) is 2.60. The lowest BCUT2D eigenvalue weighted by Crippen LogP contribution is -2.02. The Kier molecular flexibility index (Phi) is 3.18. The van der Waals surface area contributed by atoms with Crippen LogP contribution >= 0.6 is 0 Å². The molecule has 2 aromatic rings. The summed E-state index contributed by atoms with van der Waals surface area (Å²) in [5.74, 6) is 0. The molecule has 2 N–H and O–H groups in total. The topological polar surface area (TPSA) is 67.6 Å². The van der Waals surface area contributed by atoms with E-state index in [2.05, 4.69) is 15.6 Å². The van der Waals surface area contributed by atoms with Crippen molar-refractivity contribution in [1.82, 2.24) is 9.55 Å². The average Bonchev–Trinajstić information content (AvgIpc) is 2.72. The van der Waals surface area contributed by atoms with Crippen LogP contribution in [0.2, 0.25) is 0 Å². The van der Waals surface area contributed by atoms with Crippen LogP contribution in [0.15, 0.2) is 24.5 Å². The summed E-state index contributed by atoms with van der Waals surface area (Å²) in [6, 6.07) is 7.70. The Labute approximate surface area is 94.3 Å². The van der Waals surface area contributed by atoms with Crippen molar-refractivity contribution < 1.29 is 0 Å². The van der Waals surface area contributed by atoms with Gasteiger partial charge in [-0.15, -0.1) is 0 Å². The van der Waals surface area contributed by atoms with Crippen LogP contribution in [-0.4, -0.2) is 16.1 Å². The van der Waals surface area contributed by atoms with Crippen molar-refractivity contribution in [3.8, 4) is 6.07 Å². The minimum absolute atomic E-state index is 0.674. The maximum atomic E-state index is 8.84. The first-order valence-corrected chi connectivity index (χ1v) is 5.40. The van der Waals surface area contributed by atoms with Gasteiger partial charge in [0.25, 0.3) is 0 Å². The lowest BCUT2D eigenvalue weighted by Gasteiger charge is -2.03. The van der Waals surface area contributed by atoms with Crippen LogP contribution in [0.1, 0.15) is 18.4 Å². The van der Waals surface area contributed by atoms with Gasteiger partial charge in [-0.3, -0.25) is 0 Å². The molecule has 82 valence electrons. The summed E-state index contributed by atoms with van der Waals surface area (Å²) in [6.45, 7) is 1.62. The van der Waals surface area contributed by atoms with Crippen molar-refractivity contribution >= 4 is 11.0 Å². The van der Waals surface area contributed by atoms with Crippen molar-refractivity contribution in [3.63, 3.8) is 0 Å². The molecule has 1 aromatic heterocycles. The van der Waals surface area contributed by atoms with Gasteiger partial charge in [0.1, 0.15) is 0 Å². The minimum atomic E-state index is 0.674. The first-order chi connectivity index (χ1) is 7.85. The fraction of sp³-hybridized carbons (Fsp3) is 0.333. The van der Waals surface area contributed by atoms with E-state index in [0.717, 1.165) is 37.0 Å². The Morgan fingerprint density at radius 2 is 2.25 bits per heavy atom. The maximum Gasteiger partial charge on any atom is 0.0992 e. The van der Waals surface area contributed by atoms with E-state index < -0.39 is 0 Å². The fourth-order valence-electron chi connectivity index (χ4n) is 1.73. The van der Waals surface area contributed by atoms with E-state index in [-0.39, 0.29) is 0 Å². The molecule has 0 radical (unpaired) electrons. The molecule has 0 aliphatic carbocycles. The molecule has 0 bridgehead atoms. The van der Waals surface area contributed by atoms with E-state index in [1.807, 2.05) is 18.5 Å². The highest BCUT2D eigenvalue weighted by molar-refractivity contribution is 5.76. The molecule has 0 unspecified atom stereocenters. The molecule has 0 aliphatic rings. The predicted octanol–water partition coefficient (Wildman–Crippen LogP) is 1.65. The highest BCUT2D eigenvalue weighted by atomic mass is 15.0. The molecule has 4 nitrogen and oxygen atoms in total. The van der Waals surface area contributed by atoms with Crippen molar-refractivity contribution in [3.05, 3.63) is 30.1 Å². The van der Waals surface area contributed by atoms with Gasteiger partial charge in [-0.2, -0.15) is 5.26 Å². The number of nitrogens with zero attached hydrogens (tertiary/aromatic N) is 3. The number of aryl methyl sites for hydroxylation is 1. The molecule has 16 heavy (non-hydrogen) atoms. The van der Waals surface area contributed by atoms with E-state index in [0.29, 0.717) is 5.56 Å². The Morgan fingerprint density at radius 3 is 3.00 bits per heavy atom. The lowest BCUT2D eigenvalue weighted by molar-refractivity contribution is 0.627. The zero-order chi connectivity index (χ0) is 11.4. The molecule has 0 aliphatic heterocycles. The lowest BCUT2D eigenvalue weighted by atomic mass is 10.2. The Hall–Kier alpha value is -1.86. The van der Waals surface area contributed by atoms with Crippen LogP contribution in [0.25, 0.3) is 11.0 Å². The SMILES string of the molecule is N#Cc1ccc2ncn(CCCCN)c2c1. The van der Waals surface area contributed by atoms with Crippen molar-refractivity contribution in [2.45, 2.75) is 19.4 Å². The largest absolute Gasteiger partial charge is 0.331 e. The zero-order valence-corrected chi connectivity index (χ0v) is 9.06. The quantitative estimate of drug-likeness (QED) is 0.787. The Bertz CT molecular complexity index is 521. The molecule has 0 fully saturated rings. The van der Waals surface area contributed by atoms with Crippen LogP contribution < -0.4 is 5.73 Å². The highest BCUT2D eigenvalue weighted by Gasteiger charge is 2.03. The summed E-state index contributed by atoms with van der Waals surface area (Å²) in [5.41, 5.74) is 8.09. The smallest absolute Gasteiger partial charge is 0.0992 e. The van der Waals surface area contributed by atoms with Crippen molar-refractivity contribution in [2.24, 2.45) is 5.73 Å². The van der Waals surface area contributed by atoms with Gasteiger partial charge in [0, 0.05) is 6.54 Å². The third-order valence-corrected chi connectivity index (χ3v) is 2.60. The highest BCUT2D eigenvalue weighted by Crippen LogP contribution is 2.15. The van der Waals surface area contributed by atoms with Crippen LogP contribution in [0, 0.1) is 11.3 Å². The van der Waals surface area contributed by atoms with Gasteiger partial charge in [0.15, 0.2) is 0 Å². The standard InChI is InChI=1S/C12H14N4/c13-5-1-2-6-16-9-15-11-4-3-10(8-14)7-12(11)16/h3-4,7,9H,1-2,5-6,13H2. The Morgan fingerprint density at radius 1 is 1.38 bits per heavy atom. The number of benzene rings is 1. The van der Waals surface area contributed by atoms with Gasteiger partial charge in [-0.05, 0) is 37.6 Å². The first-order valence-electron chi connectivity index (χ1n) is 5.40. The Balaban J connectivity index is 2.28. The number of nitrogens with two attached hydrogens (primary N) is 1. The third kappa shape index (κ3) is 2.05. The predicted molar refractivity (Wildman–Crippen MR) is 62.7 cm³/mol. The summed E-state index contributed by atoms with van der Waals surface area (Å²) >= 11 is 0. The van der Waals surface area contributed by atoms with Crippen molar-refractivity contribution in [2.75, 3.05) is 6.54 Å². The monoisotopic (exact) mass is 214 g/mol. The number of unbranched alkanes of at least 4 members (excludes halogenated alkanes) is 1. The van der Waals surface area contributed by atoms with Crippen LogP contribution in [-0.2, 0) is 6.54 Å². The second-order valence-electron chi connectivity index (χ2n) is 3.75. The summed E-state index contributed by atoms with van der Waals surface area (Å²) in [6.07, 6.45) is 3.87.